The van der Waals surface area contributed by atoms with E-state index in [1.165, 1.54) is 66.1 Å². The van der Waals surface area contributed by atoms with Gasteiger partial charge in [-0.3, -0.25) is 0 Å². The summed E-state index contributed by atoms with van der Waals surface area (Å²) < 4.78 is 0. The highest BCUT2D eigenvalue weighted by Gasteiger charge is 2.35. The van der Waals surface area contributed by atoms with Gasteiger partial charge in [0.25, 0.3) is 0 Å². The Bertz CT molecular complexity index is 1700. The van der Waals surface area contributed by atoms with Gasteiger partial charge in [-0.1, -0.05) is 129 Å². The summed E-state index contributed by atoms with van der Waals surface area (Å²) in [5.74, 6) is 0. The van der Waals surface area contributed by atoms with Crippen LogP contribution in [-0.4, -0.2) is 0 Å². The molecular weight excluding hydrogens is 420 g/mol. The number of fused-ring (bicyclic) bond motifs is 5. The summed E-state index contributed by atoms with van der Waals surface area (Å²) in [5, 5.41) is 5.20. The molecule has 1 aliphatic carbocycles. The molecule has 7 rings (SSSR count). The Kier molecular flexibility index (Phi) is 4.29. The minimum absolute atomic E-state index is 0.0196. The molecule has 0 atom stereocenters. The van der Waals surface area contributed by atoms with E-state index in [-0.39, 0.29) is 5.41 Å². The maximum Gasteiger partial charge on any atom is 0.0158 e. The first-order chi connectivity index (χ1) is 17.1. The molecule has 0 bridgehead atoms. The zero-order valence-electron chi connectivity index (χ0n) is 20.0. The molecule has 0 heteroatoms. The molecule has 6 aromatic rings. The van der Waals surface area contributed by atoms with Gasteiger partial charge in [-0.05, 0) is 72.1 Å². The summed E-state index contributed by atoms with van der Waals surface area (Å²) >= 11 is 0. The van der Waals surface area contributed by atoms with Crippen molar-refractivity contribution in [3.63, 3.8) is 0 Å². The van der Waals surface area contributed by atoms with Gasteiger partial charge in [-0.15, -0.1) is 0 Å². The lowest BCUT2D eigenvalue weighted by Crippen LogP contribution is -2.14. The summed E-state index contributed by atoms with van der Waals surface area (Å²) in [6.07, 6.45) is 0. The maximum atomic E-state index is 2.43. The normalized spacial score (nSPS) is 13.7. The van der Waals surface area contributed by atoms with Crippen LogP contribution in [0.2, 0.25) is 0 Å². The lowest BCUT2D eigenvalue weighted by Gasteiger charge is -2.22. The molecule has 0 spiro atoms. The summed E-state index contributed by atoms with van der Waals surface area (Å²) in [7, 11) is 0. The third kappa shape index (κ3) is 2.87. The number of benzene rings is 6. The minimum Gasteiger partial charge on any atom is -0.0622 e. The fourth-order valence-electron chi connectivity index (χ4n) is 6.23. The fraction of sp³-hybridized carbons (Fsp3) is 0.0857. The van der Waals surface area contributed by atoms with Gasteiger partial charge in [-0.25, -0.2) is 0 Å². The topological polar surface area (TPSA) is 0 Å². The first kappa shape index (κ1) is 20.2. The molecule has 166 valence electrons. The van der Waals surface area contributed by atoms with E-state index in [0.29, 0.717) is 0 Å². The summed E-state index contributed by atoms with van der Waals surface area (Å²) in [5.41, 5.74) is 10.8. The highest BCUT2D eigenvalue weighted by Crippen LogP contribution is 2.51. The van der Waals surface area contributed by atoms with Crippen LogP contribution in [-0.2, 0) is 5.41 Å². The van der Waals surface area contributed by atoms with Crippen molar-refractivity contribution < 1.29 is 0 Å². The predicted octanol–water partition coefficient (Wildman–Crippen LogP) is 9.63. The van der Waals surface area contributed by atoms with E-state index in [1.54, 1.807) is 0 Å². The van der Waals surface area contributed by atoms with E-state index in [2.05, 4.69) is 135 Å². The van der Waals surface area contributed by atoms with Crippen molar-refractivity contribution in [2.75, 3.05) is 0 Å². The molecule has 0 N–H and O–H groups in total. The molecule has 0 fully saturated rings. The minimum atomic E-state index is 0.0196. The smallest absolute Gasteiger partial charge is 0.0158 e. The van der Waals surface area contributed by atoms with Crippen molar-refractivity contribution in [3.8, 4) is 33.4 Å². The second kappa shape index (κ2) is 7.42. The van der Waals surface area contributed by atoms with Gasteiger partial charge in [0.05, 0.1) is 0 Å². The highest BCUT2D eigenvalue weighted by atomic mass is 14.4. The molecule has 0 amide bonds. The Hall–Kier alpha value is -4.16. The SMILES string of the molecule is CC1(C)c2ccccc2-c2cc(-c3c4ccccc4c(-c4ccccc4)c4ccccc34)ccc21. The van der Waals surface area contributed by atoms with Crippen LogP contribution in [0.3, 0.4) is 0 Å². The third-order valence-electron chi connectivity index (χ3n) is 7.87. The van der Waals surface area contributed by atoms with Gasteiger partial charge in [0.15, 0.2) is 0 Å². The van der Waals surface area contributed by atoms with Gasteiger partial charge in [0, 0.05) is 5.41 Å². The number of hydrogen-bond acceptors (Lipinski definition) is 0. The van der Waals surface area contributed by atoms with Crippen LogP contribution in [0, 0.1) is 0 Å². The van der Waals surface area contributed by atoms with Crippen LogP contribution in [0.15, 0.2) is 121 Å². The predicted molar refractivity (Wildman–Crippen MR) is 150 cm³/mol. The van der Waals surface area contributed by atoms with Gasteiger partial charge in [0.1, 0.15) is 0 Å². The van der Waals surface area contributed by atoms with E-state index in [1.807, 2.05) is 0 Å². The quantitative estimate of drug-likeness (QED) is 0.232. The molecule has 0 aromatic heterocycles. The van der Waals surface area contributed by atoms with E-state index in [9.17, 15) is 0 Å². The van der Waals surface area contributed by atoms with Crippen LogP contribution in [0.4, 0.5) is 0 Å². The van der Waals surface area contributed by atoms with Crippen molar-refractivity contribution in [3.05, 3.63) is 132 Å². The molecule has 0 saturated heterocycles. The summed E-state index contributed by atoms with van der Waals surface area (Å²) in [6, 6.07) is 44.6. The summed E-state index contributed by atoms with van der Waals surface area (Å²) in [6.45, 7) is 4.69. The molecule has 1 aliphatic rings. The van der Waals surface area contributed by atoms with Crippen molar-refractivity contribution in [2.24, 2.45) is 0 Å². The van der Waals surface area contributed by atoms with Crippen LogP contribution in [0.25, 0.3) is 54.9 Å². The van der Waals surface area contributed by atoms with E-state index < -0.39 is 0 Å². The Labute approximate surface area is 206 Å². The number of rotatable bonds is 2. The van der Waals surface area contributed by atoms with Crippen molar-refractivity contribution >= 4 is 21.5 Å². The van der Waals surface area contributed by atoms with Crippen molar-refractivity contribution in [1.82, 2.24) is 0 Å². The Morgan fingerprint density at radius 3 is 1.51 bits per heavy atom. The third-order valence-corrected chi connectivity index (χ3v) is 7.87. The second-order valence-electron chi connectivity index (χ2n) is 10.1. The summed E-state index contributed by atoms with van der Waals surface area (Å²) in [4.78, 5) is 0. The lowest BCUT2D eigenvalue weighted by molar-refractivity contribution is 0.660. The first-order valence-electron chi connectivity index (χ1n) is 12.4. The maximum absolute atomic E-state index is 2.43. The van der Waals surface area contributed by atoms with Crippen molar-refractivity contribution in [1.29, 1.82) is 0 Å². The molecule has 0 heterocycles. The molecule has 6 aromatic carbocycles. The molecule has 0 unspecified atom stereocenters. The standard InChI is InChI=1S/C35H26/c1-35(2)31-19-11-10-14-25(31)30-22-24(20-21-32(30)35)34-28-17-8-6-15-26(28)33(23-12-4-3-5-13-23)27-16-7-9-18-29(27)34/h3-22H,1-2H3. The van der Waals surface area contributed by atoms with Gasteiger partial charge in [-0.2, -0.15) is 0 Å². The van der Waals surface area contributed by atoms with Gasteiger partial charge >= 0.3 is 0 Å². The molecule has 0 radical (unpaired) electrons. The monoisotopic (exact) mass is 446 g/mol. The first-order valence-corrected chi connectivity index (χ1v) is 12.4. The molecule has 0 nitrogen and oxygen atoms in total. The highest BCUT2D eigenvalue weighted by molar-refractivity contribution is 6.21. The van der Waals surface area contributed by atoms with E-state index in [0.717, 1.165) is 0 Å². The fourth-order valence-corrected chi connectivity index (χ4v) is 6.23. The van der Waals surface area contributed by atoms with Gasteiger partial charge in [0.2, 0.25) is 0 Å². The molecular formula is C35H26. The molecule has 35 heavy (non-hydrogen) atoms. The van der Waals surface area contributed by atoms with E-state index >= 15 is 0 Å². The van der Waals surface area contributed by atoms with Crippen LogP contribution in [0.1, 0.15) is 25.0 Å². The largest absolute Gasteiger partial charge is 0.0622 e. The van der Waals surface area contributed by atoms with Crippen LogP contribution in [0.5, 0.6) is 0 Å². The van der Waals surface area contributed by atoms with Crippen LogP contribution >= 0.6 is 0 Å². The van der Waals surface area contributed by atoms with Crippen molar-refractivity contribution in [2.45, 2.75) is 19.3 Å². The lowest BCUT2D eigenvalue weighted by atomic mass is 9.81. The molecule has 0 aliphatic heterocycles. The Morgan fingerprint density at radius 2 is 0.886 bits per heavy atom. The Balaban J connectivity index is 1.59. The molecule has 0 saturated carbocycles. The van der Waals surface area contributed by atoms with Crippen LogP contribution < -0.4 is 0 Å². The second-order valence-corrected chi connectivity index (χ2v) is 10.1. The Morgan fingerprint density at radius 1 is 0.400 bits per heavy atom. The number of hydrogen-bond donors (Lipinski definition) is 0. The zero-order chi connectivity index (χ0) is 23.6. The average Bonchev–Trinajstić information content (AvgIpc) is 3.14. The average molecular weight is 447 g/mol. The van der Waals surface area contributed by atoms with E-state index in [4.69, 9.17) is 0 Å². The zero-order valence-corrected chi connectivity index (χ0v) is 20.0. The van der Waals surface area contributed by atoms with Gasteiger partial charge < -0.3 is 0 Å².